The van der Waals surface area contributed by atoms with E-state index >= 15 is 0 Å². The molecule has 1 aliphatic rings. The van der Waals surface area contributed by atoms with Crippen molar-refractivity contribution in [1.82, 2.24) is 15.2 Å². The van der Waals surface area contributed by atoms with Gasteiger partial charge in [-0.2, -0.15) is 0 Å². The molecule has 2 heterocycles. The molecule has 1 unspecified atom stereocenters. The molecule has 0 aliphatic carbocycles. The third-order valence-corrected chi connectivity index (χ3v) is 5.54. The molecule has 1 fully saturated rings. The first-order chi connectivity index (χ1) is 13.6. The normalized spacial score (nSPS) is 16.6. The Labute approximate surface area is 164 Å². The van der Waals surface area contributed by atoms with E-state index in [4.69, 9.17) is 0 Å². The molecule has 5 heteroatoms. The predicted octanol–water partition coefficient (Wildman–Crippen LogP) is 3.66. The Morgan fingerprint density at radius 2 is 1.93 bits per heavy atom. The summed E-state index contributed by atoms with van der Waals surface area (Å²) >= 11 is 0. The number of fused-ring (bicyclic) bond motifs is 1. The molecule has 4 rings (SSSR count). The number of halogens is 1. The number of likely N-dealkylation sites (N-methyl/N-ethyl adjacent to an activating group) is 1. The first kappa shape index (κ1) is 18.7. The Kier molecular flexibility index (Phi) is 5.44. The topological polar surface area (TPSA) is 48.1 Å². The second-order valence-corrected chi connectivity index (χ2v) is 7.83. The number of carbonyl (C=O) groups excluding carboxylic acids is 1. The second kappa shape index (κ2) is 8.15. The number of hydrogen-bond donors (Lipinski definition) is 2. The molecule has 0 bridgehead atoms. The van der Waals surface area contributed by atoms with E-state index in [-0.39, 0.29) is 11.7 Å². The molecular weight excluding hydrogens is 353 g/mol. The average molecular weight is 379 g/mol. The summed E-state index contributed by atoms with van der Waals surface area (Å²) in [7, 11) is 1.80. The van der Waals surface area contributed by atoms with Gasteiger partial charge in [0.2, 0.25) is 5.91 Å². The van der Waals surface area contributed by atoms with Crippen molar-refractivity contribution in [3.05, 3.63) is 71.2 Å². The molecule has 0 spiro atoms. The van der Waals surface area contributed by atoms with Crippen molar-refractivity contribution < 1.29 is 9.18 Å². The van der Waals surface area contributed by atoms with Gasteiger partial charge in [-0.3, -0.25) is 4.79 Å². The first-order valence-electron chi connectivity index (χ1n) is 9.86. The SMILES string of the molecule is CN(Cc1cc2cc(F)ccc2[nH]1)C(=O)Cc1ccc(CC2CCNC2)cc1. The molecule has 1 aliphatic heterocycles. The molecule has 0 saturated carbocycles. The summed E-state index contributed by atoms with van der Waals surface area (Å²) in [5.41, 5.74) is 4.15. The van der Waals surface area contributed by atoms with E-state index in [2.05, 4.69) is 34.6 Å². The van der Waals surface area contributed by atoms with E-state index in [9.17, 15) is 9.18 Å². The number of nitrogens with zero attached hydrogens (tertiary/aromatic N) is 1. The van der Waals surface area contributed by atoms with Crippen molar-refractivity contribution in [2.24, 2.45) is 5.92 Å². The van der Waals surface area contributed by atoms with Crippen molar-refractivity contribution in [3.63, 3.8) is 0 Å². The van der Waals surface area contributed by atoms with Gasteiger partial charge in [-0.15, -0.1) is 0 Å². The lowest BCUT2D eigenvalue weighted by Gasteiger charge is -2.16. The fourth-order valence-corrected chi connectivity index (χ4v) is 3.92. The van der Waals surface area contributed by atoms with Gasteiger partial charge in [0.25, 0.3) is 0 Å². The minimum Gasteiger partial charge on any atom is -0.357 e. The van der Waals surface area contributed by atoms with Crippen LogP contribution in [0, 0.1) is 11.7 Å². The number of amides is 1. The number of aromatic nitrogens is 1. The van der Waals surface area contributed by atoms with Crippen molar-refractivity contribution in [1.29, 1.82) is 0 Å². The van der Waals surface area contributed by atoms with Crippen LogP contribution >= 0.6 is 0 Å². The summed E-state index contributed by atoms with van der Waals surface area (Å²) in [5, 5.41) is 4.23. The number of carbonyl (C=O) groups is 1. The minimum atomic E-state index is -0.255. The van der Waals surface area contributed by atoms with E-state index in [1.807, 2.05) is 6.07 Å². The van der Waals surface area contributed by atoms with Gasteiger partial charge in [-0.25, -0.2) is 4.39 Å². The van der Waals surface area contributed by atoms with Gasteiger partial charge in [0.05, 0.1) is 13.0 Å². The largest absolute Gasteiger partial charge is 0.357 e. The highest BCUT2D eigenvalue weighted by molar-refractivity contribution is 5.81. The summed E-state index contributed by atoms with van der Waals surface area (Å²) < 4.78 is 13.3. The summed E-state index contributed by atoms with van der Waals surface area (Å²) in [5.74, 6) is 0.538. The van der Waals surface area contributed by atoms with Crippen molar-refractivity contribution >= 4 is 16.8 Å². The Balaban J connectivity index is 1.34. The number of rotatable bonds is 6. The quantitative estimate of drug-likeness (QED) is 0.687. The lowest BCUT2D eigenvalue weighted by Crippen LogP contribution is -2.27. The van der Waals surface area contributed by atoms with Gasteiger partial charge in [0.15, 0.2) is 0 Å². The van der Waals surface area contributed by atoms with Crippen molar-refractivity contribution in [2.45, 2.75) is 25.8 Å². The molecule has 28 heavy (non-hydrogen) atoms. The molecule has 2 aromatic carbocycles. The number of aromatic amines is 1. The van der Waals surface area contributed by atoms with Crippen LogP contribution in [-0.2, 0) is 24.2 Å². The average Bonchev–Trinajstić information content (AvgIpc) is 3.32. The molecule has 0 radical (unpaired) electrons. The van der Waals surface area contributed by atoms with Gasteiger partial charge in [0.1, 0.15) is 5.82 Å². The van der Waals surface area contributed by atoms with Crippen LogP contribution in [0.4, 0.5) is 4.39 Å². The third-order valence-electron chi connectivity index (χ3n) is 5.54. The molecule has 4 nitrogen and oxygen atoms in total. The molecule has 3 aromatic rings. The van der Waals surface area contributed by atoms with Crippen LogP contribution in [0.5, 0.6) is 0 Å². The predicted molar refractivity (Wildman–Crippen MR) is 110 cm³/mol. The standard InChI is InChI=1S/C23H26FN3O/c1-27(15-21-13-19-12-20(24)6-7-22(19)26-21)23(28)11-17-4-2-16(3-5-17)10-18-8-9-25-14-18/h2-7,12-13,18,25-26H,8-11,14-15H2,1H3. The minimum absolute atomic E-state index is 0.0672. The number of benzene rings is 2. The highest BCUT2D eigenvalue weighted by Crippen LogP contribution is 2.19. The van der Waals surface area contributed by atoms with E-state index in [0.29, 0.717) is 13.0 Å². The van der Waals surface area contributed by atoms with E-state index < -0.39 is 0 Å². The van der Waals surface area contributed by atoms with Crippen molar-refractivity contribution in [3.8, 4) is 0 Å². The zero-order valence-electron chi connectivity index (χ0n) is 16.2. The lowest BCUT2D eigenvalue weighted by molar-refractivity contribution is -0.129. The maximum atomic E-state index is 13.3. The fourth-order valence-electron chi connectivity index (χ4n) is 3.92. The van der Waals surface area contributed by atoms with Crippen molar-refractivity contribution in [2.75, 3.05) is 20.1 Å². The Hall–Kier alpha value is -2.66. The highest BCUT2D eigenvalue weighted by atomic mass is 19.1. The van der Waals surface area contributed by atoms with Crippen LogP contribution in [0.2, 0.25) is 0 Å². The Morgan fingerprint density at radius 1 is 1.14 bits per heavy atom. The fraction of sp³-hybridized carbons (Fsp3) is 0.348. The molecule has 1 saturated heterocycles. The Morgan fingerprint density at radius 3 is 2.68 bits per heavy atom. The maximum Gasteiger partial charge on any atom is 0.227 e. The second-order valence-electron chi connectivity index (χ2n) is 7.83. The van der Waals surface area contributed by atoms with Crippen LogP contribution in [0.1, 0.15) is 23.2 Å². The van der Waals surface area contributed by atoms with Crippen LogP contribution < -0.4 is 5.32 Å². The van der Waals surface area contributed by atoms with E-state index in [1.54, 1.807) is 18.0 Å². The van der Waals surface area contributed by atoms with Crippen LogP contribution in [0.15, 0.2) is 48.5 Å². The summed E-state index contributed by atoms with van der Waals surface area (Å²) in [6.07, 6.45) is 2.73. The zero-order chi connectivity index (χ0) is 19.5. The number of nitrogens with one attached hydrogen (secondary N) is 2. The first-order valence-corrected chi connectivity index (χ1v) is 9.86. The summed E-state index contributed by atoms with van der Waals surface area (Å²) in [4.78, 5) is 17.5. The van der Waals surface area contributed by atoms with Crippen LogP contribution in [0.3, 0.4) is 0 Å². The number of H-pyrrole nitrogens is 1. The van der Waals surface area contributed by atoms with E-state index in [0.717, 1.165) is 47.6 Å². The molecule has 1 amide bonds. The Bertz CT molecular complexity index is 958. The number of hydrogen-bond acceptors (Lipinski definition) is 2. The van der Waals surface area contributed by atoms with Gasteiger partial charge in [-0.1, -0.05) is 24.3 Å². The summed E-state index contributed by atoms with van der Waals surface area (Å²) in [6.45, 7) is 2.70. The van der Waals surface area contributed by atoms with Crippen LogP contribution in [0.25, 0.3) is 10.9 Å². The van der Waals surface area contributed by atoms with Gasteiger partial charge >= 0.3 is 0 Å². The van der Waals surface area contributed by atoms with E-state index in [1.165, 1.54) is 24.1 Å². The third kappa shape index (κ3) is 4.42. The van der Waals surface area contributed by atoms with Gasteiger partial charge < -0.3 is 15.2 Å². The van der Waals surface area contributed by atoms with Gasteiger partial charge in [0, 0.05) is 23.6 Å². The monoisotopic (exact) mass is 379 g/mol. The smallest absolute Gasteiger partial charge is 0.227 e. The highest BCUT2D eigenvalue weighted by Gasteiger charge is 2.15. The maximum absolute atomic E-state index is 13.3. The van der Waals surface area contributed by atoms with Crippen LogP contribution in [-0.4, -0.2) is 35.9 Å². The lowest BCUT2D eigenvalue weighted by atomic mass is 9.97. The molecular formula is C23H26FN3O. The molecule has 1 aromatic heterocycles. The molecule has 1 atom stereocenters. The zero-order valence-corrected chi connectivity index (χ0v) is 16.2. The molecule has 146 valence electrons. The molecule has 2 N–H and O–H groups in total. The summed E-state index contributed by atoms with van der Waals surface area (Å²) in [6, 6.07) is 15.0. The van der Waals surface area contributed by atoms with Gasteiger partial charge in [-0.05, 0) is 67.2 Å².